The molecule has 162 valence electrons. The van der Waals surface area contributed by atoms with Gasteiger partial charge in [0, 0.05) is 21.5 Å². The number of nitrogens with one attached hydrogen (secondary N) is 2. The Hall–Kier alpha value is -3.13. The van der Waals surface area contributed by atoms with Crippen LogP contribution >= 0.6 is 35.2 Å². The second-order valence-corrected chi connectivity index (χ2v) is 8.66. The molecule has 0 aliphatic heterocycles. The third-order valence-corrected chi connectivity index (χ3v) is 6.46. The Balaban J connectivity index is 1.37. The van der Waals surface area contributed by atoms with E-state index in [0.717, 1.165) is 32.8 Å². The molecule has 4 rings (SSSR count). The van der Waals surface area contributed by atoms with Crippen LogP contribution in [0.25, 0.3) is 10.1 Å². The van der Waals surface area contributed by atoms with E-state index in [2.05, 4.69) is 10.6 Å². The highest BCUT2D eigenvalue weighted by Crippen LogP contribution is 2.37. The Morgan fingerprint density at radius 1 is 1.00 bits per heavy atom. The van der Waals surface area contributed by atoms with E-state index in [4.69, 9.17) is 33.3 Å². The number of fused-ring (bicyclic) bond motifs is 1. The molecule has 8 heteroatoms. The van der Waals surface area contributed by atoms with Gasteiger partial charge in [0.2, 0.25) is 0 Å². The molecular weight excluding hydrogens is 464 g/mol. The molecule has 3 aromatic carbocycles. The number of thiocarbonyl (C=S) groups is 1. The van der Waals surface area contributed by atoms with Gasteiger partial charge in [-0.25, -0.2) is 4.79 Å². The molecule has 0 fully saturated rings. The first-order chi connectivity index (χ1) is 15.5. The summed E-state index contributed by atoms with van der Waals surface area (Å²) in [7, 11) is 1.34. The van der Waals surface area contributed by atoms with Gasteiger partial charge >= 0.3 is 5.97 Å². The van der Waals surface area contributed by atoms with Crippen molar-refractivity contribution in [3.63, 3.8) is 0 Å². The summed E-state index contributed by atoms with van der Waals surface area (Å²) in [6.07, 6.45) is 0. The van der Waals surface area contributed by atoms with Crippen LogP contribution in [0.4, 0.5) is 11.4 Å². The van der Waals surface area contributed by atoms with E-state index >= 15 is 0 Å². The van der Waals surface area contributed by atoms with Gasteiger partial charge in [-0.1, -0.05) is 41.9 Å². The lowest BCUT2D eigenvalue weighted by Gasteiger charge is -2.12. The molecular formula is C24H19ClN2O3S2. The van der Waals surface area contributed by atoms with Crippen LogP contribution in [0.3, 0.4) is 0 Å². The maximum Gasteiger partial charge on any atom is 0.349 e. The number of anilines is 2. The maximum absolute atomic E-state index is 11.9. The van der Waals surface area contributed by atoms with Crippen LogP contribution in [-0.2, 0) is 11.3 Å². The molecule has 0 unspecified atom stereocenters. The van der Waals surface area contributed by atoms with Gasteiger partial charge in [-0.3, -0.25) is 0 Å². The standard InChI is InChI=1S/C24H19ClN2O3S2/c1-29-23(28)22-21(25)19-12-9-17(13-20(19)32-22)27-24(31)26-16-7-10-18(11-8-16)30-14-15-5-3-2-4-6-15/h2-13H,14H2,1H3,(H2,26,27,31). The number of methoxy groups -OCH3 is 1. The first kappa shape index (κ1) is 22.1. The van der Waals surface area contributed by atoms with Crippen LogP contribution in [-0.4, -0.2) is 18.2 Å². The Morgan fingerprint density at radius 2 is 1.69 bits per heavy atom. The fourth-order valence-electron chi connectivity index (χ4n) is 3.04. The number of carbonyl (C=O) groups is 1. The van der Waals surface area contributed by atoms with Gasteiger partial charge in [0.25, 0.3) is 0 Å². The lowest BCUT2D eigenvalue weighted by atomic mass is 10.2. The first-order valence-corrected chi connectivity index (χ1v) is 11.3. The van der Waals surface area contributed by atoms with Gasteiger partial charge < -0.3 is 20.1 Å². The maximum atomic E-state index is 11.9. The van der Waals surface area contributed by atoms with E-state index in [9.17, 15) is 4.79 Å². The molecule has 5 nitrogen and oxygen atoms in total. The van der Waals surface area contributed by atoms with Crippen LogP contribution in [0, 0.1) is 0 Å². The fraction of sp³-hybridized carbons (Fsp3) is 0.0833. The van der Waals surface area contributed by atoms with Crippen LogP contribution in [0.5, 0.6) is 5.75 Å². The van der Waals surface area contributed by atoms with E-state index in [1.165, 1.54) is 18.4 Å². The zero-order valence-corrected chi connectivity index (χ0v) is 19.4. The van der Waals surface area contributed by atoms with E-state index < -0.39 is 5.97 Å². The highest BCUT2D eigenvalue weighted by Gasteiger charge is 2.17. The summed E-state index contributed by atoms with van der Waals surface area (Å²) < 4.78 is 11.5. The molecule has 0 atom stereocenters. The van der Waals surface area contributed by atoms with Crippen LogP contribution < -0.4 is 15.4 Å². The van der Waals surface area contributed by atoms with Crippen molar-refractivity contribution in [3.05, 3.63) is 88.3 Å². The molecule has 2 N–H and O–H groups in total. The van der Waals surface area contributed by atoms with Crippen molar-refractivity contribution in [2.24, 2.45) is 0 Å². The predicted octanol–water partition coefficient (Wildman–Crippen LogP) is 6.73. The number of hydrogen-bond acceptors (Lipinski definition) is 5. The van der Waals surface area contributed by atoms with Gasteiger partial charge in [-0.05, 0) is 60.2 Å². The number of benzene rings is 3. The predicted molar refractivity (Wildman–Crippen MR) is 135 cm³/mol. The summed E-state index contributed by atoms with van der Waals surface area (Å²) in [5, 5.41) is 7.95. The molecule has 0 saturated heterocycles. The lowest BCUT2D eigenvalue weighted by Crippen LogP contribution is -2.18. The smallest absolute Gasteiger partial charge is 0.349 e. The summed E-state index contributed by atoms with van der Waals surface area (Å²) in [6.45, 7) is 0.514. The topological polar surface area (TPSA) is 59.6 Å². The normalized spacial score (nSPS) is 10.6. The van der Waals surface area contributed by atoms with E-state index in [1.54, 1.807) is 0 Å². The van der Waals surface area contributed by atoms with Crippen molar-refractivity contribution in [1.29, 1.82) is 0 Å². The number of hydrogen-bond donors (Lipinski definition) is 2. The number of carbonyl (C=O) groups excluding carboxylic acids is 1. The number of rotatable bonds is 6. The zero-order chi connectivity index (χ0) is 22.5. The van der Waals surface area contributed by atoms with Crippen molar-refractivity contribution in [2.75, 3.05) is 17.7 Å². The minimum Gasteiger partial charge on any atom is -0.489 e. The molecule has 0 saturated carbocycles. The molecule has 0 aliphatic rings. The number of thiophene rings is 1. The highest BCUT2D eigenvalue weighted by atomic mass is 35.5. The number of halogens is 1. The lowest BCUT2D eigenvalue weighted by molar-refractivity contribution is 0.0606. The van der Waals surface area contributed by atoms with E-state index in [1.807, 2.05) is 72.8 Å². The van der Waals surface area contributed by atoms with E-state index in [0.29, 0.717) is 21.6 Å². The molecule has 32 heavy (non-hydrogen) atoms. The molecule has 0 amide bonds. The molecule has 1 aromatic heterocycles. The Kier molecular flexibility index (Phi) is 6.90. The van der Waals surface area contributed by atoms with Crippen molar-refractivity contribution >= 4 is 67.7 Å². The summed E-state index contributed by atoms with van der Waals surface area (Å²) in [5.74, 6) is 0.332. The minimum absolute atomic E-state index is 0.386. The second-order valence-electron chi connectivity index (χ2n) is 6.83. The monoisotopic (exact) mass is 482 g/mol. The number of ether oxygens (including phenoxy) is 2. The Labute approximate surface area is 199 Å². The summed E-state index contributed by atoms with van der Waals surface area (Å²) in [5.41, 5.74) is 2.73. The Morgan fingerprint density at radius 3 is 2.41 bits per heavy atom. The van der Waals surface area contributed by atoms with Crippen molar-refractivity contribution < 1.29 is 14.3 Å². The third-order valence-electron chi connectivity index (χ3n) is 4.62. The average molecular weight is 483 g/mol. The summed E-state index contributed by atoms with van der Waals surface area (Å²) >= 11 is 13.0. The van der Waals surface area contributed by atoms with Crippen LogP contribution in [0.15, 0.2) is 72.8 Å². The van der Waals surface area contributed by atoms with Gasteiger partial charge in [0.1, 0.15) is 17.2 Å². The van der Waals surface area contributed by atoms with Gasteiger partial charge in [0.05, 0.1) is 12.1 Å². The second kappa shape index (κ2) is 9.99. The largest absolute Gasteiger partial charge is 0.489 e. The fourth-order valence-corrected chi connectivity index (χ4v) is 4.74. The third kappa shape index (κ3) is 5.19. The zero-order valence-electron chi connectivity index (χ0n) is 17.1. The van der Waals surface area contributed by atoms with Gasteiger partial charge in [-0.15, -0.1) is 11.3 Å². The number of esters is 1. The molecule has 0 radical (unpaired) electrons. The van der Waals surface area contributed by atoms with Gasteiger partial charge in [0.15, 0.2) is 5.11 Å². The minimum atomic E-state index is -0.445. The highest BCUT2D eigenvalue weighted by molar-refractivity contribution is 7.80. The molecule has 4 aromatic rings. The van der Waals surface area contributed by atoms with Gasteiger partial charge in [-0.2, -0.15) is 0 Å². The Bertz CT molecular complexity index is 1260. The average Bonchev–Trinajstić information content (AvgIpc) is 3.14. The van der Waals surface area contributed by atoms with Crippen LogP contribution in [0.2, 0.25) is 5.02 Å². The first-order valence-electron chi connectivity index (χ1n) is 9.68. The van der Waals surface area contributed by atoms with Crippen LogP contribution in [0.1, 0.15) is 15.2 Å². The molecule has 0 aliphatic carbocycles. The molecule has 1 heterocycles. The van der Waals surface area contributed by atoms with Crippen molar-refractivity contribution in [3.8, 4) is 5.75 Å². The van der Waals surface area contributed by atoms with Crippen molar-refractivity contribution in [2.45, 2.75) is 6.61 Å². The SMILES string of the molecule is COC(=O)c1sc2cc(NC(=S)Nc3ccc(OCc4ccccc4)cc3)ccc2c1Cl. The summed E-state index contributed by atoms with van der Waals surface area (Å²) in [6, 6.07) is 23.2. The van der Waals surface area contributed by atoms with Crippen molar-refractivity contribution in [1.82, 2.24) is 0 Å². The summed E-state index contributed by atoms with van der Waals surface area (Å²) in [4.78, 5) is 12.2. The quantitative estimate of drug-likeness (QED) is 0.235. The molecule has 0 spiro atoms. The molecule has 0 bridgehead atoms. The van der Waals surface area contributed by atoms with E-state index in [-0.39, 0.29) is 0 Å².